The van der Waals surface area contributed by atoms with E-state index in [4.69, 9.17) is 4.74 Å². The number of anilines is 2. The van der Waals surface area contributed by atoms with Crippen molar-refractivity contribution in [2.75, 3.05) is 22.9 Å². The largest absolute Gasteiger partial charge is 0.421 e. The zero-order valence-corrected chi connectivity index (χ0v) is 16.0. The van der Waals surface area contributed by atoms with Gasteiger partial charge in [-0.3, -0.25) is 9.69 Å². The van der Waals surface area contributed by atoms with Gasteiger partial charge in [-0.05, 0) is 37.6 Å². The first-order valence-electron chi connectivity index (χ1n) is 9.43. The number of nitrogens with zero attached hydrogens (tertiary/aromatic N) is 3. The predicted octanol–water partition coefficient (Wildman–Crippen LogP) is 3.36. The number of pyridine rings is 1. The third kappa shape index (κ3) is 3.77. The van der Waals surface area contributed by atoms with E-state index in [0.717, 1.165) is 6.92 Å². The van der Waals surface area contributed by atoms with E-state index in [2.05, 4.69) is 4.98 Å². The fourth-order valence-electron chi connectivity index (χ4n) is 3.56. The number of fused-ring (bicyclic) bond motifs is 4. The lowest BCUT2D eigenvalue weighted by Gasteiger charge is -2.35. The van der Waals surface area contributed by atoms with Crippen molar-refractivity contribution in [1.29, 1.82) is 0 Å². The molecule has 2 amide bonds. The Morgan fingerprint density at radius 1 is 1.20 bits per heavy atom. The molecule has 4 rings (SSSR count). The first kappa shape index (κ1) is 20.0. The molecule has 2 bridgehead atoms. The highest BCUT2D eigenvalue weighted by atomic mass is 19.4. The maximum Gasteiger partial charge on any atom is 0.421 e. The lowest BCUT2D eigenvalue weighted by Crippen LogP contribution is -2.48. The molecule has 0 radical (unpaired) electrons. The van der Waals surface area contributed by atoms with Crippen LogP contribution in [0.5, 0.6) is 5.75 Å². The molecule has 1 aromatic carbocycles. The van der Waals surface area contributed by atoms with E-state index < -0.39 is 24.2 Å². The zero-order chi connectivity index (χ0) is 21.5. The Bertz CT molecular complexity index is 968. The van der Waals surface area contributed by atoms with Crippen molar-refractivity contribution in [2.45, 2.75) is 31.6 Å². The van der Waals surface area contributed by atoms with E-state index in [-0.39, 0.29) is 17.6 Å². The van der Waals surface area contributed by atoms with Crippen LogP contribution >= 0.6 is 0 Å². The summed E-state index contributed by atoms with van der Waals surface area (Å²) in [5, 5.41) is 1.89. The van der Waals surface area contributed by atoms with Crippen LogP contribution in [0, 0.1) is 0 Å². The third-order valence-electron chi connectivity index (χ3n) is 5.17. The SMILES string of the molecule is CC(NC(=O)c1ccc2c(n1)N(C(=O)Oc1ccccc1)C1CCN2C1)C(F)(F)F. The minimum absolute atomic E-state index is 0.200. The summed E-state index contributed by atoms with van der Waals surface area (Å²) in [7, 11) is 0. The van der Waals surface area contributed by atoms with Crippen molar-refractivity contribution in [2.24, 2.45) is 0 Å². The van der Waals surface area contributed by atoms with Crippen LogP contribution < -0.4 is 19.9 Å². The Morgan fingerprint density at radius 2 is 1.93 bits per heavy atom. The van der Waals surface area contributed by atoms with E-state index in [1.54, 1.807) is 36.4 Å². The summed E-state index contributed by atoms with van der Waals surface area (Å²) in [4.78, 5) is 32.9. The van der Waals surface area contributed by atoms with Crippen molar-refractivity contribution < 1.29 is 27.5 Å². The topological polar surface area (TPSA) is 74.8 Å². The van der Waals surface area contributed by atoms with Crippen LogP contribution in [-0.4, -0.2) is 48.3 Å². The minimum Gasteiger partial charge on any atom is -0.410 e. The highest BCUT2D eigenvalue weighted by Crippen LogP contribution is 2.39. The monoisotopic (exact) mass is 420 g/mol. The molecule has 0 spiro atoms. The van der Waals surface area contributed by atoms with Gasteiger partial charge < -0.3 is 15.0 Å². The number of carbonyl (C=O) groups excluding carboxylic acids is 2. The van der Waals surface area contributed by atoms with Gasteiger partial charge in [0, 0.05) is 13.1 Å². The lowest BCUT2D eigenvalue weighted by molar-refractivity contribution is -0.149. The number of ether oxygens (including phenoxy) is 1. The number of carbonyl (C=O) groups is 2. The molecule has 2 aliphatic heterocycles. The summed E-state index contributed by atoms with van der Waals surface area (Å²) in [6.45, 7) is 2.14. The second kappa shape index (κ2) is 7.51. The summed E-state index contributed by atoms with van der Waals surface area (Å²) in [5.41, 5.74) is 0.430. The normalized spacial score (nSPS) is 18.6. The van der Waals surface area contributed by atoms with Crippen LogP contribution in [0.3, 0.4) is 0 Å². The first-order chi connectivity index (χ1) is 14.2. The number of nitrogens with one attached hydrogen (secondary N) is 1. The molecule has 10 heteroatoms. The minimum atomic E-state index is -4.57. The molecule has 2 unspecified atom stereocenters. The first-order valence-corrected chi connectivity index (χ1v) is 9.43. The molecule has 2 atom stereocenters. The van der Waals surface area contributed by atoms with Gasteiger partial charge in [0.2, 0.25) is 0 Å². The third-order valence-corrected chi connectivity index (χ3v) is 5.17. The van der Waals surface area contributed by atoms with E-state index in [1.807, 2.05) is 10.2 Å². The van der Waals surface area contributed by atoms with Gasteiger partial charge in [0.15, 0.2) is 5.82 Å². The van der Waals surface area contributed by atoms with E-state index >= 15 is 0 Å². The maximum absolute atomic E-state index is 12.9. The van der Waals surface area contributed by atoms with E-state index in [1.165, 1.54) is 11.0 Å². The molecular weight excluding hydrogens is 401 g/mol. The summed E-state index contributed by atoms with van der Waals surface area (Å²) in [6, 6.07) is 9.25. The Morgan fingerprint density at radius 3 is 2.63 bits per heavy atom. The van der Waals surface area contributed by atoms with Crippen molar-refractivity contribution in [1.82, 2.24) is 10.3 Å². The number of benzene rings is 1. The fourth-order valence-corrected chi connectivity index (χ4v) is 3.56. The molecular formula is C20H19F3N4O3. The van der Waals surface area contributed by atoms with Crippen molar-refractivity contribution >= 4 is 23.5 Å². The Hall–Kier alpha value is -3.30. The fraction of sp³-hybridized carbons (Fsp3) is 0.350. The highest BCUT2D eigenvalue weighted by Gasteiger charge is 2.42. The number of hydrogen-bond donors (Lipinski definition) is 1. The van der Waals surface area contributed by atoms with Crippen LogP contribution in [0.1, 0.15) is 23.8 Å². The molecule has 2 aromatic rings. The van der Waals surface area contributed by atoms with Crippen molar-refractivity contribution in [3.63, 3.8) is 0 Å². The smallest absolute Gasteiger partial charge is 0.410 e. The van der Waals surface area contributed by atoms with E-state index in [9.17, 15) is 22.8 Å². The van der Waals surface area contributed by atoms with Gasteiger partial charge in [0.1, 0.15) is 17.5 Å². The molecule has 1 fully saturated rings. The van der Waals surface area contributed by atoms with Crippen LogP contribution in [0.4, 0.5) is 29.5 Å². The Kier molecular flexibility index (Phi) is 5.00. The Labute approximate surface area is 170 Å². The Balaban J connectivity index is 1.63. The van der Waals surface area contributed by atoms with Gasteiger partial charge >= 0.3 is 12.3 Å². The average molecular weight is 420 g/mol. The molecule has 7 nitrogen and oxygen atoms in total. The summed E-state index contributed by atoms with van der Waals surface area (Å²) >= 11 is 0. The highest BCUT2D eigenvalue weighted by molar-refractivity contribution is 5.98. The number of para-hydroxylation sites is 1. The number of alkyl halides is 3. The second-order valence-electron chi connectivity index (χ2n) is 7.22. The second-order valence-corrected chi connectivity index (χ2v) is 7.22. The van der Waals surface area contributed by atoms with Crippen LogP contribution in [-0.2, 0) is 0 Å². The van der Waals surface area contributed by atoms with E-state index in [0.29, 0.717) is 30.9 Å². The van der Waals surface area contributed by atoms with Gasteiger partial charge in [-0.25, -0.2) is 9.78 Å². The molecule has 30 heavy (non-hydrogen) atoms. The van der Waals surface area contributed by atoms with Gasteiger partial charge in [-0.2, -0.15) is 13.2 Å². The maximum atomic E-state index is 12.9. The summed E-state index contributed by atoms with van der Waals surface area (Å²) < 4.78 is 43.8. The van der Waals surface area contributed by atoms with Crippen LogP contribution in [0.2, 0.25) is 0 Å². The number of rotatable bonds is 3. The van der Waals surface area contributed by atoms with Crippen LogP contribution in [0.15, 0.2) is 42.5 Å². The van der Waals surface area contributed by atoms with Gasteiger partial charge in [-0.1, -0.05) is 18.2 Å². The van der Waals surface area contributed by atoms with Gasteiger partial charge in [0.25, 0.3) is 5.91 Å². The quantitative estimate of drug-likeness (QED) is 0.824. The molecule has 1 N–H and O–H groups in total. The number of halogens is 3. The molecule has 158 valence electrons. The molecule has 0 aliphatic carbocycles. The molecule has 2 aliphatic rings. The zero-order valence-electron chi connectivity index (χ0n) is 16.0. The number of hydrogen-bond acceptors (Lipinski definition) is 5. The molecule has 1 saturated heterocycles. The number of aromatic nitrogens is 1. The van der Waals surface area contributed by atoms with Gasteiger partial charge in [-0.15, -0.1) is 0 Å². The molecule has 3 heterocycles. The molecule has 1 aromatic heterocycles. The summed E-state index contributed by atoms with van der Waals surface area (Å²) in [5.74, 6) is -0.402. The summed E-state index contributed by atoms with van der Waals surface area (Å²) in [6.07, 6.45) is -4.53. The van der Waals surface area contributed by atoms with Gasteiger partial charge in [0.05, 0.1) is 11.7 Å². The van der Waals surface area contributed by atoms with Crippen molar-refractivity contribution in [3.8, 4) is 5.75 Å². The van der Waals surface area contributed by atoms with Crippen LogP contribution in [0.25, 0.3) is 0 Å². The predicted molar refractivity (Wildman–Crippen MR) is 103 cm³/mol. The number of amides is 2. The average Bonchev–Trinajstić information content (AvgIpc) is 3.12. The standard InChI is InChI=1S/C20H19F3N4O3/c1-12(20(21,22)23)24-18(28)15-7-8-16-17(25-15)27(13-9-10-26(16)11-13)19(29)30-14-5-3-2-4-6-14/h2-8,12-13H,9-11H2,1H3,(H,24,28). The molecule has 0 saturated carbocycles. The lowest BCUT2D eigenvalue weighted by atomic mass is 10.1. The van der Waals surface area contributed by atoms with Crippen molar-refractivity contribution in [3.05, 3.63) is 48.2 Å².